The van der Waals surface area contributed by atoms with Crippen LogP contribution in [-0.4, -0.2) is 0 Å². The fourth-order valence-corrected chi connectivity index (χ4v) is 4.00. The van der Waals surface area contributed by atoms with Gasteiger partial charge in [0, 0.05) is 17.0 Å². The average molecular weight is 302 g/mol. The molecule has 1 fully saturated rings. The standard InChI is InChI=1S/C22H24N/c1-16-7-3-6-10-21(16)22-14-20-13-18(17-8-4-5-9-17)11-12-19(20)15-23(22)2/h3,6-7,10-15,17H,4-5,8-9H2,1-2H3/q+1. The van der Waals surface area contributed by atoms with Gasteiger partial charge in [0.1, 0.15) is 7.05 Å². The summed E-state index contributed by atoms with van der Waals surface area (Å²) >= 11 is 0. The highest BCUT2D eigenvalue weighted by Gasteiger charge is 2.19. The number of rotatable bonds is 2. The van der Waals surface area contributed by atoms with Crippen LogP contribution < -0.4 is 4.57 Å². The molecular weight excluding hydrogens is 278 g/mol. The minimum Gasteiger partial charge on any atom is -0.200 e. The molecule has 1 heterocycles. The van der Waals surface area contributed by atoms with E-state index in [1.54, 1.807) is 0 Å². The van der Waals surface area contributed by atoms with E-state index in [1.807, 2.05) is 0 Å². The van der Waals surface area contributed by atoms with Gasteiger partial charge in [-0.25, -0.2) is 4.57 Å². The quantitative estimate of drug-likeness (QED) is 0.566. The van der Waals surface area contributed by atoms with Gasteiger partial charge in [-0.3, -0.25) is 0 Å². The van der Waals surface area contributed by atoms with Gasteiger partial charge >= 0.3 is 0 Å². The summed E-state index contributed by atoms with van der Waals surface area (Å²) in [5, 5.41) is 2.69. The third-order valence-corrected chi connectivity index (χ3v) is 5.36. The number of hydrogen-bond donors (Lipinski definition) is 0. The molecule has 2 aromatic carbocycles. The second kappa shape index (κ2) is 5.81. The monoisotopic (exact) mass is 302 g/mol. The van der Waals surface area contributed by atoms with E-state index >= 15 is 0 Å². The van der Waals surface area contributed by atoms with Crippen LogP contribution in [0.3, 0.4) is 0 Å². The molecule has 0 radical (unpaired) electrons. The second-order valence-electron chi connectivity index (χ2n) is 6.95. The molecule has 0 unspecified atom stereocenters. The van der Waals surface area contributed by atoms with Gasteiger partial charge in [0.15, 0.2) is 6.20 Å². The van der Waals surface area contributed by atoms with E-state index in [9.17, 15) is 0 Å². The van der Waals surface area contributed by atoms with Crippen molar-refractivity contribution in [3.05, 3.63) is 65.9 Å². The lowest BCUT2D eigenvalue weighted by Gasteiger charge is -2.11. The summed E-state index contributed by atoms with van der Waals surface area (Å²) in [6, 6.07) is 18.1. The maximum Gasteiger partial charge on any atom is 0.213 e. The lowest BCUT2D eigenvalue weighted by molar-refractivity contribution is -0.659. The number of hydrogen-bond acceptors (Lipinski definition) is 0. The fraction of sp³-hybridized carbons (Fsp3) is 0.318. The number of fused-ring (bicyclic) bond motifs is 1. The molecule has 0 atom stereocenters. The van der Waals surface area contributed by atoms with Crippen molar-refractivity contribution >= 4 is 10.8 Å². The van der Waals surface area contributed by atoms with Crippen molar-refractivity contribution in [3.8, 4) is 11.3 Å². The van der Waals surface area contributed by atoms with Crippen LogP contribution in [0.15, 0.2) is 54.7 Å². The highest BCUT2D eigenvalue weighted by atomic mass is 14.9. The minimum atomic E-state index is 0.773. The van der Waals surface area contributed by atoms with Gasteiger partial charge in [-0.1, -0.05) is 43.2 Å². The number of nitrogens with zero attached hydrogens (tertiary/aromatic N) is 1. The molecule has 1 aliphatic carbocycles. The molecule has 1 aromatic heterocycles. The van der Waals surface area contributed by atoms with Gasteiger partial charge in [-0.15, -0.1) is 0 Å². The van der Waals surface area contributed by atoms with Crippen LogP contribution in [0.4, 0.5) is 0 Å². The average Bonchev–Trinajstić information content (AvgIpc) is 3.09. The van der Waals surface area contributed by atoms with E-state index in [1.165, 1.54) is 58.8 Å². The first-order valence-electron chi connectivity index (χ1n) is 8.72. The number of aromatic nitrogens is 1. The first kappa shape index (κ1) is 14.4. The van der Waals surface area contributed by atoms with Gasteiger partial charge < -0.3 is 0 Å². The highest BCUT2D eigenvalue weighted by molar-refractivity contribution is 5.85. The Balaban J connectivity index is 1.85. The Morgan fingerprint density at radius 1 is 0.913 bits per heavy atom. The lowest BCUT2D eigenvalue weighted by atomic mass is 9.94. The first-order chi connectivity index (χ1) is 11.2. The molecule has 3 aromatic rings. The van der Waals surface area contributed by atoms with E-state index in [2.05, 4.69) is 73.3 Å². The Bertz CT molecular complexity index is 857. The molecule has 0 aliphatic heterocycles. The predicted octanol–water partition coefficient (Wildman–Crippen LogP) is 5.30. The Labute approximate surface area is 138 Å². The minimum absolute atomic E-state index is 0.773. The summed E-state index contributed by atoms with van der Waals surface area (Å²) < 4.78 is 2.25. The maximum absolute atomic E-state index is 2.42. The smallest absolute Gasteiger partial charge is 0.200 e. The molecule has 0 spiro atoms. The Hall–Kier alpha value is -2.15. The molecular formula is C22H24N+. The Morgan fingerprint density at radius 3 is 2.48 bits per heavy atom. The lowest BCUT2D eigenvalue weighted by Crippen LogP contribution is -2.30. The fourth-order valence-electron chi connectivity index (χ4n) is 4.00. The van der Waals surface area contributed by atoms with Crippen molar-refractivity contribution < 1.29 is 4.57 Å². The molecule has 1 heteroatoms. The Morgan fingerprint density at radius 2 is 1.70 bits per heavy atom. The molecule has 1 nitrogen and oxygen atoms in total. The van der Waals surface area contributed by atoms with Crippen LogP contribution >= 0.6 is 0 Å². The van der Waals surface area contributed by atoms with Crippen LogP contribution in [0.25, 0.3) is 22.0 Å². The third-order valence-electron chi connectivity index (χ3n) is 5.36. The van der Waals surface area contributed by atoms with Crippen molar-refractivity contribution in [2.24, 2.45) is 7.05 Å². The summed E-state index contributed by atoms with van der Waals surface area (Å²) in [7, 11) is 2.14. The van der Waals surface area contributed by atoms with E-state index in [-0.39, 0.29) is 0 Å². The molecule has 4 rings (SSSR count). The maximum atomic E-state index is 2.42. The zero-order valence-corrected chi connectivity index (χ0v) is 14.0. The highest BCUT2D eigenvalue weighted by Crippen LogP contribution is 2.35. The van der Waals surface area contributed by atoms with Crippen LogP contribution in [-0.2, 0) is 7.05 Å². The third kappa shape index (κ3) is 2.65. The van der Waals surface area contributed by atoms with E-state index in [0.717, 1.165) is 5.92 Å². The first-order valence-corrected chi connectivity index (χ1v) is 8.72. The molecule has 116 valence electrons. The molecule has 1 aliphatic rings. The summed E-state index contributed by atoms with van der Waals surface area (Å²) in [6.07, 6.45) is 7.75. The summed E-state index contributed by atoms with van der Waals surface area (Å²) in [6.45, 7) is 2.19. The van der Waals surface area contributed by atoms with Gasteiger partial charge in [0.2, 0.25) is 5.69 Å². The molecule has 0 N–H and O–H groups in total. The Kier molecular flexibility index (Phi) is 3.65. The zero-order valence-electron chi connectivity index (χ0n) is 14.0. The van der Waals surface area contributed by atoms with Crippen molar-refractivity contribution in [2.75, 3.05) is 0 Å². The van der Waals surface area contributed by atoms with Gasteiger partial charge in [-0.05, 0) is 54.3 Å². The van der Waals surface area contributed by atoms with Gasteiger partial charge in [0.25, 0.3) is 0 Å². The van der Waals surface area contributed by atoms with Crippen LogP contribution in [0.1, 0.15) is 42.7 Å². The second-order valence-corrected chi connectivity index (χ2v) is 6.95. The normalized spacial score (nSPS) is 15.4. The van der Waals surface area contributed by atoms with Crippen LogP contribution in [0, 0.1) is 6.92 Å². The SMILES string of the molecule is Cc1ccccc1-c1cc2cc(C3CCCC3)ccc2c[n+]1C. The van der Waals surface area contributed by atoms with Crippen LogP contribution in [0.2, 0.25) is 0 Å². The molecule has 0 amide bonds. The predicted molar refractivity (Wildman–Crippen MR) is 96.5 cm³/mol. The summed E-state index contributed by atoms with van der Waals surface area (Å²) in [4.78, 5) is 0. The topological polar surface area (TPSA) is 3.88 Å². The molecule has 1 saturated carbocycles. The number of aryl methyl sites for hydroxylation is 2. The van der Waals surface area contributed by atoms with Gasteiger partial charge in [-0.2, -0.15) is 0 Å². The van der Waals surface area contributed by atoms with Crippen molar-refractivity contribution in [2.45, 2.75) is 38.5 Å². The van der Waals surface area contributed by atoms with E-state index < -0.39 is 0 Å². The van der Waals surface area contributed by atoms with Crippen molar-refractivity contribution in [3.63, 3.8) is 0 Å². The molecule has 23 heavy (non-hydrogen) atoms. The summed E-state index contributed by atoms with van der Waals surface area (Å²) in [5.74, 6) is 0.773. The number of benzene rings is 2. The number of pyridine rings is 1. The zero-order chi connectivity index (χ0) is 15.8. The van der Waals surface area contributed by atoms with E-state index in [0.29, 0.717) is 0 Å². The largest absolute Gasteiger partial charge is 0.213 e. The molecule has 0 bridgehead atoms. The summed E-state index contributed by atoms with van der Waals surface area (Å²) in [5.41, 5.74) is 5.47. The van der Waals surface area contributed by atoms with Crippen LogP contribution in [0.5, 0.6) is 0 Å². The van der Waals surface area contributed by atoms with Gasteiger partial charge in [0.05, 0.1) is 0 Å². The van der Waals surface area contributed by atoms with Crippen molar-refractivity contribution in [1.29, 1.82) is 0 Å². The van der Waals surface area contributed by atoms with Crippen molar-refractivity contribution in [1.82, 2.24) is 0 Å². The molecule has 0 saturated heterocycles. The van der Waals surface area contributed by atoms with E-state index in [4.69, 9.17) is 0 Å².